The first-order valence-corrected chi connectivity index (χ1v) is 13.8. The minimum atomic E-state index is -0.176. The molecule has 0 saturated heterocycles. The normalized spacial score (nSPS) is 10.8. The van der Waals surface area contributed by atoms with E-state index in [2.05, 4.69) is 0 Å². The Labute approximate surface area is 184 Å². The average Bonchev–Trinajstić information content (AvgIpc) is 2.71. The van der Waals surface area contributed by atoms with Crippen LogP contribution in [0.25, 0.3) is 0 Å². The van der Waals surface area contributed by atoms with E-state index < -0.39 is 0 Å². The summed E-state index contributed by atoms with van der Waals surface area (Å²) in [6.45, 7) is 1.68. The number of carbonyl (C=O) groups excluding carboxylic acids is 2. The molecule has 0 aliphatic carbocycles. The van der Waals surface area contributed by atoms with Crippen molar-refractivity contribution in [2.45, 2.75) is 60.3 Å². The van der Waals surface area contributed by atoms with Crippen molar-refractivity contribution in [1.82, 2.24) is 0 Å². The fourth-order valence-corrected chi connectivity index (χ4v) is 5.22. The summed E-state index contributed by atoms with van der Waals surface area (Å²) >= 11 is 0.0446. The summed E-state index contributed by atoms with van der Waals surface area (Å²) in [5, 5.41) is 17.1. The van der Waals surface area contributed by atoms with Crippen molar-refractivity contribution in [2.24, 2.45) is 0 Å². The smallest absolute Gasteiger partial charge is 0.394 e. The van der Waals surface area contributed by atoms with Gasteiger partial charge in [0.05, 0.1) is 0 Å². The topological polar surface area (TPSA) is 112 Å². The van der Waals surface area contributed by atoms with Crippen LogP contribution in [0, 0.1) is 0 Å². The van der Waals surface area contributed by atoms with Gasteiger partial charge in [-0.15, -0.1) is 0 Å². The Balaban J connectivity index is 3.21. The standard InChI is InChI=1S/C20H38O8Te/c21-9-11-25-13-15-27-19(23)7-3-1-5-17-29-18-6-2-4-8-20(24)28-16-14-26-12-10-22/h21-22H,1-18H2. The number of ether oxygens (including phenoxy) is 4. The van der Waals surface area contributed by atoms with Crippen molar-refractivity contribution in [2.75, 3.05) is 52.9 Å². The Morgan fingerprint density at radius 3 is 1.45 bits per heavy atom. The molecular formula is C20H38O8Te. The number of aliphatic hydroxyl groups excluding tert-OH is 2. The molecule has 0 radical (unpaired) electrons. The molecule has 0 aliphatic heterocycles. The third-order valence-corrected chi connectivity index (χ3v) is 7.09. The van der Waals surface area contributed by atoms with E-state index in [0.717, 1.165) is 25.7 Å². The molecule has 0 spiro atoms. The third-order valence-electron chi connectivity index (χ3n) is 3.79. The van der Waals surface area contributed by atoms with Crippen molar-refractivity contribution in [1.29, 1.82) is 0 Å². The molecule has 0 amide bonds. The molecular weight excluding hydrogens is 496 g/mol. The molecule has 0 unspecified atom stereocenters. The van der Waals surface area contributed by atoms with Gasteiger partial charge in [0.1, 0.15) is 0 Å². The van der Waals surface area contributed by atoms with Crippen molar-refractivity contribution >= 4 is 32.9 Å². The van der Waals surface area contributed by atoms with Crippen LogP contribution in [0.4, 0.5) is 0 Å². The van der Waals surface area contributed by atoms with Gasteiger partial charge >= 0.3 is 175 Å². The molecule has 0 bridgehead atoms. The van der Waals surface area contributed by atoms with Gasteiger partial charge in [0.2, 0.25) is 0 Å². The van der Waals surface area contributed by atoms with Crippen LogP contribution in [0.3, 0.4) is 0 Å². The average molecular weight is 534 g/mol. The summed E-state index contributed by atoms with van der Waals surface area (Å²) in [5.74, 6) is -0.351. The molecule has 2 N–H and O–H groups in total. The molecule has 0 aliphatic rings. The van der Waals surface area contributed by atoms with Gasteiger partial charge in [0.15, 0.2) is 0 Å². The van der Waals surface area contributed by atoms with Gasteiger partial charge in [-0.2, -0.15) is 0 Å². The molecule has 0 fully saturated rings. The fraction of sp³-hybridized carbons (Fsp3) is 0.900. The minimum absolute atomic E-state index is 0.0187. The molecule has 9 heteroatoms. The van der Waals surface area contributed by atoms with Gasteiger partial charge in [0, 0.05) is 0 Å². The molecule has 0 rings (SSSR count). The number of carbonyl (C=O) groups is 2. The summed E-state index contributed by atoms with van der Waals surface area (Å²) in [7, 11) is 0. The van der Waals surface area contributed by atoms with Crippen LogP contribution < -0.4 is 0 Å². The molecule has 29 heavy (non-hydrogen) atoms. The van der Waals surface area contributed by atoms with E-state index in [4.69, 9.17) is 29.2 Å². The first kappa shape index (κ1) is 28.6. The van der Waals surface area contributed by atoms with Gasteiger partial charge in [-0.3, -0.25) is 0 Å². The van der Waals surface area contributed by atoms with E-state index in [1.807, 2.05) is 0 Å². The van der Waals surface area contributed by atoms with E-state index in [9.17, 15) is 9.59 Å². The van der Waals surface area contributed by atoms with Crippen LogP contribution in [0.2, 0.25) is 8.94 Å². The Kier molecular flexibility index (Phi) is 23.5. The second-order valence-electron chi connectivity index (χ2n) is 6.35. The van der Waals surface area contributed by atoms with Crippen LogP contribution in [0.1, 0.15) is 51.4 Å². The Hall–Kier alpha value is -0.430. The second kappa shape index (κ2) is 23.8. The second-order valence-corrected chi connectivity index (χ2v) is 9.84. The van der Waals surface area contributed by atoms with Crippen LogP contribution in [0.5, 0.6) is 0 Å². The van der Waals surface area contributed by atoms with E-state index >= 15 is 0 Å². The number of esters is 2. The Morgan fingerprint density at radius 2 is 1.03 bits per heavy atom. The van der Waals surface area contributed by atoms with Crippen molar-refractivity contribution < 1.29 is 38.7 Å². The van der Waals surface area contributed by atoms with Gasteiger partial charge in [-0.05, 0) is 0 Å². The van der Waals surface area contributed by atoms with Crippen molar-refractivity contribution in [3.05, 3.63) is 0 Å². The number of aliphatic hydroxyl groups is 2. The SMILES string of the molecule is O=C(CCCCC[Te]CCCCCC(=O)OCCOCCO)OCCOCCO. The fourth-order valence-electron chi connectivity index (χ4n) is 2.31. The summed E-state index contributed by atoms with van der Waals surface area (Å²) in [4.78, 5) is 23.0. The van der Waals surface area contributed by atoms with Gasteiger partial charge in [-0.25, -0.2) is 0 Å². The van der Waals surface area contributed by atoms with E-state index in [1.54, 1.807) is 0 Å². The van der Waals surface area contributed by atoms with E-state index in [1.165, 1.54) is 21.8 Å². The molecule has 0 saturated carbocycles. The molecule has 0 aromatic carbocycles. The molecule has 172 valence electrons. The van der Waals surface area contributed by atoms with Crippen molar-refractivity contribution in [3.63, 3.8) is 0 Å². The molecule has 0 aromatic rings. The third kappa shape index (κ3) is 23.7. The predicted molar refractivity (Wildman–Crippen MR) is 110 cm³/mol. The zero-order valence-electron chi connectivity index (χ0n) is 17.5. The van der Waals surface area contributed by atoms with Crippen LogP contribution in [-0.2, 0) is 28.5 Å². The molecule has 8 nitrogen and oxygen atoms in total. The maximum atomic E-state index is 11.5. The summed E-state index contributed by atoms with van der Waals surface area (Å²) < 4.78 is 22.7. The first-order valence-electron chi connectivity index (χ1n) is 10.5. The van der Waals surface area contributed by atoms with Crippen molar-refractivity contribution in [3.8, 4) is 0 Å². The first-order chi connectivity index (χ1) is 14.2. The minimum Gasteiger partial charge on any atom is -0.394 e. The van der Waals surface area contributed by atoms with E-state index in [0.29, 0.717) is 26.1 Å². The van der Waals surface area contributed by atoms with Gasteiger partial charge in [-0.1, -0.05) is 0 Å². The Morgan fingerprint density at radius 1 is 0.586 bits per heavy atom. The summed E-state index contributed by atoms with van der Waals surface area (Å²) in [6, 6.07) is 0. The number of hydrogen-bond acceptors (Lipinski definition) is 8. The zero-order valence-corrected chi connectivity index (χ0v) is 19.8. The monoisotopic (exact) mass is 536 g/mol. The summed E-state index contributed by atoms with van der Waals surface area (Å²) in [5.41, 5.74) is 0. The number of unbranched alkanes of at least 4 members (excludes halogenated alkanes) is 4. The number of rotatable bonds is 22. The Bertz CT molecular complexity index is 347. The van der Waals surface area contributed by atoms with Gasteiger partial charge in [0.25, 0.3) is 0 Å². The molecule has 0 heterocycles. The predicted octanol–water partition coefficient (Wildman–Crippen LogP) is 1.75. The molecule has 0 aromatic heterocycles. The maximum absolute atomic E-state index is 11.5. The van der Waals surface area contributed by atoms with E-state index in [-0.39, 0.29) is 72.5 Å². The molecule has 0 atom stereocenters. The number of hydrogen-bond donors (Lipinski definition) is 2. The van der Waals surface area contributed by atoms with Crippen LogP contribution in [0.15, 0.2) is 0 Å². The quantitative estimate of drug-likeness (QED) is 0.123. The summed E-state index contributed by atoms with van der Waals surface area (Å²) in [6.07, 6.45) is 7.16. The van der Waals surface area contributed by atoms with Gasteiger partial charge < -0.3 is 10.2 Å². The van der Waals surface area contributed by atoms with Crippen LogP contribution in [-0.4, -0.2) is 95.9 Å². The van der Waals surface area contributed by atoms with Crippen LogP contribution >= 0.6 is 0 Å². The zero-order chi connectivity index (χ0) is 21.4.